The molecule has 0 N–H and O–H groups in total. The first kappa shape index (κ1) is 35.2. The summed E-state index contributed by atoms with van der Waals surface area (Å²) in [6.07, 6.45) is 0. The Hall–Kier alpha value is -7.82. The van der Waals surface area contributed by atoms with Crippen molar-refractivity contribution in [3.63, 3.8) is 0 Å². The molecule has 2 aliphatic heterocycles. The van der Waals surface area contributed by atoms with Crippen molar-refractivity contribution >= 4 is 89.2 Å². The third-order valence-corrected chi connectivity index (χ3v) is 12.9. The molecule has 61 heavy (non-hydrogen) atoms. The highest BCUT2D eigenvalue weighted by atomic mass is 15.3. The average molecular weight is 783 g/mol. The molecule has 0 radical (unpaired) electrons. The summed E-state index contributed by atoms with van der Waals surface area (Å²) in [5, 5.41) is 7.34. The van der Waals surface area contributed by atoms with Crippen LogP contribution >= 0.6 is 0 Å². The smallest absolute Gasteiger partial charge is 0.0699 e. The summed E-state index contributed by atoms with van der Waals surface area (Å²) in [5.74, 6) is 0. The zero-order chi connectivity index (χ0) is 40.8. The molecule has 10 aromatic carbocycles. The summed E-state index contributed by atoms with van der Waals surface area (Å²) in [6.45, 7) is 2.20. The van der Waals surface area contributed by atoms with E-state index in [0.717, 1.165) is 34.1 Å². The minimum atomic E-state index is 1.12. The van der Waals surface area contributed by atoms with Crippen LogP contribution in [0.3, 0.4) is 0 Å². The molecule has 0 spiro atoms. The highest BCUT2D eigenvalue weighted by molar-refractivity contribution is 6.25. The Labute approximate surface area is 356 Å². The van der Waals surface area contributed by atoms with Gasteiger partial charge >= 0.3 is 0 Å². The molecule has 0 unspecified atom stereocenters. The molecule has 2 heterocycles. The molecular weight excluding hydrogens is 741 g/mol. The number of aryl methyl sites for hydroxylation is 1. The van der Waals surface area contributed by atoms with Crippen LogP contribution in [0.15, 0.2) is 200 Å². The summed E-state index contributed by atoms with van der Waals surface area (Å²) in [7, 11) is 4.34. The molecule has 0 aliphatic carbocycles. The second-order valence-electron chi connectivity index (χ2n) is 16.3. The predicted octanol–water partition coefficient (Wildman–Crippen LogP) is 15.9. The lowest BCUT2D eigenvalue weighted by atomic mass is 9.84. The maximum Gasteiger partial charge on any atom is 0.0699 e. The van der Waals surface area contributed by atoms with Gasteiger partial charge in [-0.1, -0.05) is 133 Å². The van der Waals surface area contributed by atoms with Gasteiger partial charge in [0.25, 0.3) is 0 Å². The molecule has 12 rings (SSSR count). The van der Waals surface area contributed by atoms with Gasteiger partial charge in [0.1, 0.15) is 0 Å². The number of rotatable bonds is 4. The fourth-order valence-corrected chi connectivity index (χ4v) is 10.2. The van der Waals surface area contributed by atoms with Gasteiger partial charge < -0.3 is 19.6 Å². The molecule has 4 heteroatoms. The van der Waals surface area contributed by atoms with E-state index < -0.39 is 0 Å². The van der Waals surface area contributed by atoms with Crippen molar-refractivity contribution in [3.8, 4) is 22.3 Å². The lowest BCUT2D eigenvalue weighted by Gasteiger charge is -2.39. The monoisotopic (exact) mass is 782 g/mol. The van der Waals surface area contributed by atoms with Gasteiger partial charge in [0.2, 0.25) is 0 Å². The largest absolute Gasteiger partial charge is 0.341 e. The van der Waals surface area contributed by atoms with Crippen LogP contribution in [-0.4, -0.2) is 14.1 Å². The van der Waals surface area contributed by atoms with Crippen molar-refractivity contribution in [3.05, 3.63) is 206 Å². The van der Waals surface area contributed by atoms with Crippen LogP contribution in [0, 0.1) is 6.92 Å². The maximum atomic E-state index is 2.45. The number of nitrogens with zero attached hydrogens (tertiary/aromatic N) is 4. The van der Waals surface area contributed by atoms with Gasteiger partial charge in [0.15, 0.2) is 0 Å². The molecule has 0 fully saturated rings. The molecule has 0 amide bonds. The van der Waals surface area contributed by atoms with Crippen molar-refractivity contribution < 1.29 is 0 Å². The number of hydrogen-bond donors (Lipinski definition) is 0. The fourth-order valence-electron chi connectivity index (χ4n) is 10.2. The van der Waals surface area contributed by atoms with Gasteiger partial charge in [-0.3, -0.25) is 0 Å². The Morgan fingerprint density at radius 3 is 1.26 bits per heavy atom. The molecule has 4 nitrogen and oxygen atoms in total. The second-order valence-corrected chi connectivity index (χ2v) is 16.3. The molecule has 0 saturated carbocycles. The summed E-state index contributed by atoms with van der Waals surface area (Å²) in [6, 6.07) is 73.9. The summed E-state index contributed by atoms with van der Waals surface area (Å²) >= 11 is 0. The first-order valence-electron chi connectivity index (χ1n) is 21.1. The Morgan fingerprint density at radius 1 is 0.311 bits per heavy atom. The maximum absolute atomic E-state index is 2.45. The van der Waals surface area contributed by atoms with E-state index in [1.54, 1.807) is 0 Å². The Bertz CT molecular complexity index is 3300. The SMILES string of the molecule is Cc1cccc(-c2c3cc(N4c5ccccc5N(C)c5ccccc54)ccc3c(-c3cccc4ccccc34)c3cc(N4c5ccccc5N(C)c5ccccc54)ccc23)c1. The third kappa shape index (κ3) is 5.32. The minimum Gasteiger partial charge on any atom is -0.341 e. The van der Waals surface area contributed by atoms with E-state index in [0.29, 0.717) is 0 Å². The van der Waals surface area contributed by atoms with Gasteiger partial charge in [0, 0.05) is 25.5 Å². The Morgan fingerprint density at radius 2 is 0.738 bits per heavy atom. The van der Waals surface area contributed by atoms with E-state index in [-0.39, 0.29) is 0 Å². The second kappa shape index (κ2) is 13.6. The van der Waals surface area contributed by atoms with Crippen molar-refractivity contribution in [2.45, 2.75) is 6.92 Å². The normalized spacial score (nSPS) is 13.0. The first-order valence-corrected chi connectivity index (χ1v) is 21.1. The standard InChI is InChI=1S/C57H42N4/c1-37-16-14-19-39(34-37)56-44-32-30-41(61-54-28-12-8-24-50(54)59(3)51-25-9-13-29-55(51)61)36-47(44)57(43-21-15-18-38-17-4-5-20-42(38)43)45-33-31-40(35-46(45)56)60-52-26-10-6-22-48(52)58(2)49-23-7-11-27-53(49)60/h4-36H,1-3H3. The van der Waals surface area contributed by atoms with Crippen molar-refractivity contribution in [1.82, 2.24) is 0 Å². The molecule has 0 aromatic heterocycles. The molecule has 0 atom stereocenters. The highest BCUT2D eigenvalue weighted by Crippen LogP contribution is 2.55. The highest BCUT2D eigenvalue weighted by Gasteiger charge is 2.30. The molecule has 10 aromatic rings. The number of para-hydroxylation sites is 8. The van der Waals surface area contributed by atoms with E-state index in [2.05, 4.69) is 241 Å². The zero-order valence-electron chi connectivity index (χ0n) is 34.3. The van der Waals surface area contributed by atoms with Crippen LogP contribution in [0.25, 0.3) is 54.6 Å². The lowest BCUT2D eigenvalue weighted by molar-refractivity contribution is 1.13. The third-order valence-electron chi connectivity index (χ3n) is 12.9. The Kier molecular flexibility index (Phi) is 7.85. The van der Waals surface area contributed by atoms with Gasteiger partial charge in [-0.2, -0.15) is 0 Å². The van der Waals surface area contributed by atoms with Crippen LogP contribution in [0.5, 0.6) is 0 Å². The quantitative estimate of drug-likeness (QED) is 0.165. The van der Waals surface area contributed by atoms with Crippen LogP contribution in [0.1, 0.15) is 5.56 Å². The molecule has 0 bridgehead atoms. The van der Waals surface area contributed by atoms with Crippen LogP contribution in [0.2, 0.25) is 0 Å². The van der Waals surface area contributed by atoms with Crippen LogP contribution in [-0.2, 0) is 0 Å². The number of hydrogen-bond acceptors (Lipinski definition) is 4. The first-order chi connectivity index (χ1) is 30.0. The van der Waals surface area contributed by atoms with E-state index >= 15 is 0 Å². The van der Waals surface area contributed by atoms with Crippen LogP contribution < -0.4 is 19.6 Å². The Balaban J connectivity index is 1.21. The van der Waals surface area contributed by atoms with Crippen molar-refractivity contribution in [1.29, 1.82) is 0 Å². The van der Waals surface area contributed by atoms with Gasteiger partial charge in [-0.15, -0.1) is 0 Å². The number of fused-ring (bicyclic) bond motifs is 7. The lowest BCUT2D eigenvalue weighted by Crippen LogP contribution is -2.24. The molecule has 0 saturated heterocycles. The van der Waals surface area contributed by atoms with E-state index in [4.69, 9.17) is 0 Å². The van der Waals surface area contributed by atoms with E-state index in [1.807, 2.05) is 0 Å². The number of benzene rings is 10. The topological polar surface area (TPSA) is 13.0 Å². The summed E-state index contributed by atoms with van der Waals surface area (Å²) < 4.78 is 0. The summed E-state index contributed by atoms with van der Waals surface area (Å²) in [4.78, 5) is 9.50. The van der Waals surface area contributed by atoms with Crippen molar-refractivity contribution in [2.75, 3.05) is 33.7 Å². The molecular formula is C57H42N4. The van der Waals surface area contributed by atoms with Gasteiger partial charge in [0.05, 0.1) is 45.5 Å². The predicted molar refractivity (Wildman–Crippen MR) is 260 cm³/mol. The van der Waals surface area contributed by atoms with Crippen LogP contribution in [0.4, 0.5) is 56.9 Å². The number of anilines is 10. The van der Waals surface area contributed by atoms with E-state index in [1.165, 1.54) is 82.9 Å². The van der Waals surface area contributed by atoms with Crippen molar-refractivity contribution in [2.24, 2.45) is 0 Å². The average Bonchev–Trinajstić information content (AvgIpc) is 3.31. The zero-order valence-corrected chi connectivity index (χ0v) is 34.3. The fraction of sp³-hybridized carbons (Fsp3) is 0.0526. The van der Waals surface area contributed by atoms with Gasteiger partial charge in [-0.25, -0.2) is 0 Å². The molecule has 2 aliphatic rings. The molecule has 290 valence electrons. The van der Waals surface area contributed by atoms with E-state index in [9.17, 15) is 0 Å². The van der Waals surface area contributed by atoms with Gasteiger partial charge in [-0.05, 0) is 134 Å². The summed E-state index contributed by atoms with van der Waals surface area (Å²) in [5.41, 5.74) is 17.7. The minimum absolute atomic E-state index is 1.12.